The minimum Gasteiger partial charge on any atom is -0.493 e. The van der Waals surface area contributed by atoms with Crippen molar-refractivity contribution in [2.75, 3.05) is 14.2 Å². The maximum Gasteiger partial charge on any atom is 0.161 e. The molecular formula is C14H17BrClN3O. The van der Waals surface area contributed by atoms with Crippen LogP contribution in [0, 0.1) is 0 Å². The predicted molar refractivity (Wildman–Crippen MR) is 84.5 cm³/mol. The number of methoxy groups -OCH3 is 1. The van der Waals surface area contributed by atoms with Gasteiger partial charge in [-0.2, -0.15) is 5.10 Å². The van der Waals surface area contributed by atoms with Crippen LogP contribution in [-0.2, 0) is 6.54 Å². The quantitative estimate of drug-likeness (QED) is 0.887. The highest BCUT2D eigenvalue weighted by molar-refractivity contribution is 9.10. The molecule has 1 aromatic carbocycles. The molecule has 4 nitrogen and oxygen atoms in total. The molecule has 0 radical (unpaired) electrons. The van der Waals surface area contributed by atoms with Crippen molar-refractivity contribution in [1.29, 1.82) is 0 Å². The monoisotopic (exact) mass is 357 g/mol. The van der Waals surface area contributed by atoms with Crippen LogP contribution in [0.25, 0.3) is 0 Å². The number of aromatic nitrogens is 2. The molecule has 2 aromatic rings. The minimum atomic E-state index is -0.0551. The predicted octanol–water partition coefficient (Wildman–Crippen LogP) is 3.64. The Hall–Kier alpha value is -1.04. The van der Waals surface area contributed by atoms with E-state index in [1.165, 1.54) is 0 Å². The summed E-state index contributed by atoms with van der Waals surface area (Å²) in [5, 5.41) is 8.36. The van der Waals surface area contributed by atoms with E-state index >= 15 is 0 Å². The fourth-order valence-electron chi connectivity index (χ4n) is 2.25. The van der Waals surface area contributed by atoms with Gasteiger partial charge in [-0.3, -0.25) is 4.68 Å². The van der Waals surface area contributed by atoms with Crippen molar-refractivity contribution in [3.63, 3.8) is 0 Å². The zero-order valence-corrected chi connectivity index (χ0v) is 14.0. The molecule has 0 saturated heterocycles. The van der Waals surface area contributed by atoms with E-state index in [-0.39, 0.29) is 6.04 Å². The Morgan fingerprint density at radius 2 is 2.25 bits per heavy atom. The Bertz CT molecular complexity index is 579. The van der Waals surface area contributed by atoms with Crippen LogP contribution in [0.2, 0.25) is 5.02 Å². The summed E-state index contributed by atoms with van der Waals surface area (Å²) in [5.74, 6) is 0.762. The van der Waals surface area contributed by atoms with Gasteiger partial charge in [0.05, 0.1) is 19.3 Å². The van der Waals surface area contributed by atoms with Crippen molar-refractivity contribution in [1.82, 2.24) is 15.1 Å². The van der Waals surface area contributed by atoms with E-state index in [4.69, 9.17) is 16.3 Å². The Morgan fingerprint density at radius 1 is 1.50 bits per heavy atom. The van der Waals surface area contributed by atoms with Crippen molar-refractivity contribution in [3.05, 3.63) is 45.1 Å². The van der Waals surface area contributed by atoms with E-state index in [0.717, 1.165) is 28.0 Å². The maximum atomic E-state index is 6.12. The van der Waals surface area contributed by atoms with Gasteiger partial charge in [-0.15, -0.1) is 0 Å². The van der Waals surface area contributed by atoms with Crippen molar-refractivity contribution >= 4 is 27.5 Å². The summed E-state index contributed by atoms with van der Waals surface area (Å²) < 4.78 is 8.35. The van der Waals surface area contributed by atoms with Crippen LogP contribution in [-0.4, -0.2) is 23.9 Å². The van der Waals surface area contributed by atoms with Crippen LogP contribution in [0.4, 0.5) is 0 Å². The largest absolute Gasteiger partial charge is 0.493 e. The second-order valence-corrected chi connectivity index (χ2v) is 5.59. The highest BCUT2D eigenvalue weighted by Crippen LogP contribution is 2.34. The molecule has 1 N–H and O–H groups in total. The first-order valence-electron chi connectivity index (χ1n) is 6.34. The van der Waals surface area contributed by atoms with Crippen LogP contribution < -0.4 is 10.1 Å². The van der Waals surface area contributed by atoms with Gasteiger partial charge in [0.15, 0.2) is 5.75 Å². The minimum absolute atomic E-state index is 0.0551. The standard InChI is InChI=1S/C14H17BrClN3O/c1-4-19-14(12(20-3)8-18-19)13(17-2)10-7-9(16)5-6-11(10)15/h5-8,13,17H,4H2,1-3H3. The Kier molecular flexibility index (Phi) is 5.07. The average molecular weight is 359 g/mol. The van der Waals surface area contributed by atoms with Crippen LogP contribution in [0.15, 0.2) is 28.9 Å². The number of nitrogens with zero attached hydrogens (tertiary/aromatic N) is 2. The van der Waals surface area contributed by atoms with Crippen molar-refractivity contribution in [3.8, 4) is 5.75 Å². The SMILES string of the molecule is CCn1ncc(OC)c1C(NC)c1cc(Cl)ccc1Br. The molecule has 1 aromatic heterocycles. The first-order valence-corrected chi connectivity index (χ1v) is 7.51. The third-order valence-corrected chi connectivity index (χ3v) is 4.15. The molecule has 20 heavy (non-hydrogen) atoms. The number of halogens is 2. The summed E-state index contributed by atoms with van der Waals surface area (Å²) >= 11 is 9.71. The van der Waals surface area contributed by atoms with Gasteiger partial charge in [-0.05, 0) is 37.7 Å². The topological polar surface area (TPSA) is 39.1 Å². The van der Waals surface area contributed by atoms with Gasteiger partial charge >= 0.3 is 0 Å². The highest BCUT2D eigenvalue weighted by Gasteiger charge is 2.23. The molecule has 2 rings (SSSR count). The van der Waals surface area contributed by atoms with Gasteiger partial charge in [0.2, 0.25) is 0 Å². The van der Waals surface area contributed by atoms with E-state index in [0.29, 0.717) is 5.02 Å². The molecule has 0 aliphatic heterocycles. The number of hydrogen-bond acceptors (Lipinski definition) is 3. The smallest absolute Gasteiger partial charge is 0.161 e. The molecule has 0 fully saturated rings. The third kappa shape index (κ3) is 2.85. The van der Waals surface area contributed by atoms with Gasteiger partial charge in [0.1, 0.15) is 5.69 Å². The lowest BCUT2D eigenvalue weighted by atomic mass is 10.0. The second kappa shape index (κ2) is 6.61. The Balaban J connectivity index is 2.57. The fourth-order valence-corrected chi connectivity index (χ4v) is 2.91. The van der Waals surface area contributed by atoms with E-state index < -0.39 is 0 Å². The van der Waals surface area contributed by atoms with Crippen molar-refractivity contribution in [2.24, 2.45) is 0 Å². The Morgan fingerprint density at radius 3 is 2.85 bits per heavy atom. The highest BCUT2D eigenvalue weighted by atomic mass is 79.9. The van der Waals surface area contributed by atoms with E-state index in [2.05, 4.69) is 33.3 Å². The molecule has 0 spiro atoms. The lowest BCUT2D eigenvalue weighted by molar-refractivity contribution is 0.401. The van der Waals surface area contributed by atoms with E-state index in [1.54, 1.807) is 13.3 Å². The fraction of sp³-hybridized carbons (Fsp3) is 0.357. The molecule has 1 unspecified atom stereocenters. The number of aryl methyl sites for hydroxylation is 1. The number of benzene rings is 1. The van der Waals surface area contributed by atoms with E-state index in [9.17, 15) is 0 Å². The molecule has 108 valence electrons. The van der Waals surface area contributed by atoms with Crippen LogP contribution in [0.1, 0.15) is 24.2 Å². The van der Waals surface area contributed by atoms with Crippen LogP contribution in [0.3, 0.4) is 0 Å². The lowest BCUT2D eigenvalue weighted by Crippen LogP contribution is -2.22. The molecular weight excluding hydrogens is 342 g/mol. The summed E-state index contributed by atoms with van der Waals surface area (Å²) in [6.07, 6.45) is 1.74. The molecule has 0 aliphatic rings. The summed E-state index contributed by atoms with van der Waals surface area (Å²) in [6, 6.07) is 5.69. The van der Waals surface area contributed by atoms with Gasteiger partial charge in [-0.1, -0.05) is 27.5 Å². The molecule has 1 heterocycles. The Labute approximate surface area is 132 Å². The third-order valence-electron chi connectivity index (χ3n) is 3.20. The molecule has 0 amide bonds. The molecule has 0 bridgehead atoms. The van der Waals surface area contributed by atoms with Crippen LogP contribution in [0.5, 0.6) is 5.75 Å². The van der Waals surface area contributed by atoms with E-state index in [1.807, 2.05) is 29.9 Å². The average Bonchev–Trinajstić information content (AvgIpc) is 2.86. The summed E-state index contributed by atoms with van der Waals surface area (Å²) in [7, 11) is 3.56. The van der Waals surface area contributed by atoms with Crippen LogP contribution >= 0.6 is 27.5 Å². The summed E-state index contributed by atoms with van der Waals surface area (Å²) in [5.41, 5.74) is 2.04. The summed E-state index contributed by atoms with van der Waals surface area (Å²) in [4.78, 5) is 0. The van der Waals surface area contributed by atoms with Crippen molar-refractivity contribution in [2.45, 2.75) is 19.5 Å². The zero-order chi connectivity index (χ0) is 14.7. The molecule has 0 aliphatic carbocycles. The van der Waals surface area contributed by atoms with Gasteiger partial charge in [0, 0.05) is 16.0 Å². The summed E-state index contributed by atoms with van der Waals surface area (Å²) in [6.45, 7) is 2.82. The molecule has 0 saturated carbocycles. The molecule has 1 atom stereocenters. The van der Waals surface area contributed by atoms with Gasteiger partial charge in [0.25, 0.3) is 0 Å². The number of hydrogen-bond donors (Lipinski definition) is 1. The normalized spacial score (nSPS) is 12.4. The second-order valence-electron chi connectivity index (χ2n) is 4.30. The first kappa shape index (κ1) is 15.4. The maximum absolute atomic E-state index is 6.12. The lowest BCUT2D eigenvalue weighted by Gasteiger charge is -2.20. The zero-order valence-electron chi connectivity index (χ0n) is 11.7. The number of nitrogens with one attached hydrogen (secondary N) is 1. The number of ether oxygens (including phenoxy) is 1. The van der Waals surface area contributed by atoms with Crippen molar-refractivity contribution < 1.29 is 4.74 Å². The van der Waals surface area contributed by atoms with Gasteiger partial charge < -0.3 is 10.1 Å². The first-order chi connectivity index (χ1) is 9.62. The van der Waals surface area contributed by atoms with Gasteiger partial charge in [-0.25, -0.2) is 0 Å². The number of rotatable bonds is 5. The molecule has 6 heteroatoms.